The van der Waals surface area contributed by atoms with Crippen LogP contribution >= 0.6 is 11.8 Å². The van der Waals surface area contributed by atoms with E-state index >= 15 is 0 Å². The molecule has 3 aromatic rings. The van der Waals surface area contributed by atoms with Crippen molar-refractivity contribution in [1.82, 2.24) is 9.47 Å². The summed E-state index contributed by atoms with van der Waals surface area (Å²) in [4.78, 5) is 39.0. The third-order valence-corrected chi connectivity index (χ3v) is 6.10. The van der Waals surface area contributed by atoms with Gasteiger partial charge in [0, 0.05) is 23.3 Å². The molecule has 32 heavy (non-hydrogen) atoms. The summed E-state index contributed by atoms with van der Waals surface area (Å²) < 4.78 is 2.02. The normalized spacial score (nSPS) is 15.0. The van der Waals surface area contributed by atoms with Gasteiger partial charge in [-0.15, -0.1) is 0 Å². The topological polar surface area (TPSA) is 71.4 Å². The number of nitrogens with zero attached hydrogens (tertiary/aromatic N) is 2. The molecule has 0 saturated carbocycles. The summed E-state index contributed by atoms with van der Waals surface area (Å²) in [5.74, 6) is -0.868. The zero-order valence-corrected chi connectivity index (χ0v) is 18.9. The van der Waals surface area contributed by atoms with Crippen molar-refractivity contribution in [2.45, 2.75) is 20.8 Å². The Morgan fingerprint density at radius 3 is 2.50 bits per heavy atom. The lowest BCUT2D eigenvalue weighted by Gasteiger charge is -2.13. The van der Waals surface area contributed by atoms with Gasteiger partial charge in [-0.25, -0.2) is 0 Å². The number of nitrogens with one attached hydrogen (secondary N) is 1. The number of hydrogen-bond acceptors (Lipinski definition) is 4. The number of carbonyl (C=O) groups is 3. The summed E-state index contributed by atoms with van der Waals surface area (Å²) in [5, 5.41) is 2.33. The lowest BCUT2D eigenvalue weighted by atomic mass is 10.1. The van der Waals surface area contributed by atoms with Crippen molar-refractivity contribution >= 4 is 40.6 Å². The van der Waals surface area contributed by atoms with Gasteiger partial charge in [-0.3, -0.25) is 19.3 Å². The van der Waals surface area contributed by atoms with Gasteiger partial charge >= 0.3 is 0 Å². The lowest BCUT2D eigenvalue weighted by Crippen LogP contribution is -2.36. The first-order valence-electron chi connectivity index (χ1n) is 10.2. The average Bonchev–Trinajstić information content (AvgIpc) is 3.25. The van der Waals surface area contributed by atoms with Crippen LogP contribution in [0.4, 0.5) is 10.5 Å². The van der Waals surface area contributed by atoms with Gasteiger partial charge in [-0.2, -0.15) is 0 Å². The van der Waals surface area contributed by atoms with Crippen molar-refractivity contribution in [3.8, 4) is 5.69 Å². The number of para-hydroxylation sites is 1. The Balaban J connectivity index is 1.48. The van der Waals surface area contributed by atoms with Crippen LogP contribution in [-0.4, -0.2) is 33.1 Å². The summed E-state index contributed by atoms with van der Waals surface area (Å²) in [6.45, 7) is 5.53. The second-order valence-electron chi connectivity index (χ2n) is 7.75. The zero-order valence-electron chi connectivity index (χ0n) is 18.1. The number of hydrogen-bond donors (Lipinski definition) is 1. The number of amides is 3. The van der Waals surface area contributed by atoms with Crippen molar-refractivity contribution in [3.05, 3.63) is 88.1 Å². The van der Waals surface area contributed by atoms with E-state index < -0.39 is 17.1 Å². The van der Waals surface area contributed by atoms with Crippen LogP contribution < -0.4 is 5.32 Å². The minimum Gasteiger partial charge on any atom is -0.324 e. The van der Waals surface area contributed by atoms with Crippen molar-refractivity contribution in [2.75, 3.05) is 11.9 Å². The second-order valence-corrected chi connectivity index (χ2v) is 8.75. The van der Waals surface area contributed by atoms with Gasteiger partial charge in [0.25, 0.3) is 11.1 Å². The maximum Gasteiger partial charge on any atom is 0.294 e. The largest absolute Gasteiger partial charge is 0.324 e. The van der Waals surface area contributed by atoms with Crippen molar-refractivity contribution < 1.29 is 14.4 Å². The van der Waals surface area contributed by atoms with Gasteiger partial charge in [0.1, 0.15) is 6.54 Å². The Kier molecular flexibility index (Phi) is 6.01. The van der Waals surface area contributed by atoms with Gasteiger partial charge in [0.2, 0.25) is 5.91 Å². The first kappa shape index (κ1) is 21.6. The molecule has 2 aromatic carbocycles. The highest BCUT2D eigenvalue weighted by Gasteiger charge is 2.36. The van der Waals surface area contributed by atoms with E-state index in [1.807, 2.05) is 86.1 Å². The van der Waals surface area contributed by atoms with Gasteiger partial charge in [0.15, 0.2) is 0 Å². The summed E-state index contributed by atoms with van der Waals surface area (Å²) in [5.41, 5.74) is 5.52. The highest BCUT2D eigenvalue weighted by atomic mass is 32.2. The number of anilines is 1. The first-order valence-corrected chi connectivity index (χ1v) is 11.0. The van der Waals surface area contributed by atoms with Gasteiger partial charge < -0.3 is 9.88 Å². The molecular weight excluding hydrogens is 422 g/mol. The predicted molar refractivity (Wildman–Crippen MR) is 128 cm³/mol. The van der Waals surface area contributed by atoms with Gasteiger partial charge in [-0.05, 0) is 74.0 Å². The molecule has 7 heteroatoms. The molecular formula is C25H23N3O3S. The molecule has 0 bridgehead atoms. The number of rotatable bonds is 5. The van der Waals surface area contributed by atoms with E-state index in [0.29, 0.717) is 10.6 Å². The molecule has 1 N–H and O–H groups in total. The third kappa shape index (κ3) is 4.53. The minimum absolute atomic E-state index is 0.305. The van der Waals surface area contributed by atoms with Gasteiger partial charge in [-0.1, -0.05) is 35.9 Å². The number of aromatic nitrogens is 1. The van der Waals surface area contributed by atoms with Crippen LogP contribution in [-0.2, 0) is 9.59 Å². The Labute approximate surface area is 190 Å². The highest BCUT2D eigenvalue weighted by Crippen LogP contribution is 2.32. The third-order valence-electron chi connectivity index (χ3n) is 5.20. The van der Waals surface area contributed by atoms with E-state index in [1.54, 1.807) is 6.08 Å². The number of thioether (sulfide) groups is 1. The van der Waals surface area contributed by atoms with E-state index in [-0.39, 0.29) is 6.54 Å². The number of carbonyl (C=O) groups excluding carboxylic acids is 3. The summed E-state index contributed by atoms with van der Waals surface area (Å²) >= 11 is 0.850. The summed E-state index contributed by atoms with van der Waals surface area (Å²) in [7, 11) is 0. The van der Waals surface area contributed by atoms with E-state index in [2.05, 4.69) is 5.32 Å². The van der Waals surface area contributed by atoms with Crippen LogP contribution in [0, 0.1) is 20.8 Å². The quantitative estimate of drug-likeness (QED) is 0.556. The Morgan fingerprint density at radius 1 is 1.03 bits per heavy atom. The van der Waals surface area contributed by atoms with Crippen molar-refractivity contribution in [1.29, 1.82) is 0 Å². The second kappa shape index (κ2) is 8.88. The highest BCUT2D eigenvalue weighted by molar-refractivity contribution is 8.18. The number of aryl methyl sites for hydroxylation is 3. The molecule has 1 saturated heterocycles. The van der Waals surface area contributed by atoms with Crippen molar-refractivity contribution in [3.63, 3.8) is 0 Å². The van der Waals surface area contributed by atoms with Crippen LogP contribution in [0.1, 0.15) is 22.4 Å². The Bertz CT molecular complexity index is 1240. The molecule has 1 aliphatic heterocycles. The molecule has 162 valence electrons. The molecule has 2 heterocycles. The summed E-state index contributed by atoms with van der Waals surface area (Å²) in [6.07, 6.45) is 3.62. The lowest BCUT2D eigenvalue weighted by molar-refractivity contribution is -0.127. The maximum absolute atomic E-state index is 12.8. The molecule has 1 aromatic heterocycles. The fourth-order valence-electron chi connectivity index (χ4n) is 3.62. The number of benzene rings is 2. The summed E-state index contributed by atoms with van der Waals surface area (Å²) in [6, 6.07) is 17.5. The first-order chi connectivity index (χ1) is 15.3. The van der Waals surface area contributed by atoms with E-state index in [9.17, 15) is 14.4 Å². The molecule has 1 fully saturated rings. The molecule has 0 spiro atoms. The van der Waals surface area contributed by atoms with Crippen molar-refractivity contribution in [2.24, 2.45) is 0 Å². The Hall–Kier alpha value is -3.58. The minimum atomic E-state index is -0.458. The average molecular weight is 446 g/mol. The predicted octanol–water partition coefficient (Wildman–Crippen LogP) is 5.08. The molecule has 0 unspecified atom stereocenters. The SMILES string of the molecule is Cc1ccc(NC(=O)CN2C(=O)S/C(=C/c3cc(C)n(-c4ccccc4)c3)C2=O)c(C)c1. The Morgan fingerprint density at radius 2 is 1.78 bits per heavy atom. The van der Waals surface area contributed by atoms with Crippen LogP contribution in [0.5, 0.6) is 0 Å². The molecule has 0 radical (unpaired) electrons. The van der Waals surface area contributed by atoms with Crippen LogP contribution in [0.3, 0.4) is 0 Å². The van der Waals surface area contributed by atoms with Crippen LogP contribution in [0.15, 0.2) is 65.7 Å². The fourth-order valence-corrected chi connectivity index (χ4v) is 4.46. The fraction of sp³-hybridized carbons (Fsp3) is 0.160. The monoisotopic (exact) mass is 445 g/mol. The van der Waals surface area contributed by atoms with E-state index in [4.69, 9.17) is 0 Å². The molecule has 1 aliphatic rings. The van der Waals surface area contributed by atoms with E-state index in [1.165, 1.54) is 0 Å². The molecule has 4 rings (SSSR count). The molecule has 0 aliphatic carbocycles. The zero-order chi connectivity index (χ0) is 22.8. The van der Waals surface area contributed by atoms with Crippen LogP contribution in [0.25, 0.3) is 11.8 Å². The van der Waals surface area contributed by atoms with E-state index in [0.717, 1.165) is 44.7 Å². The number of imide groups is 1. The molecule has 3 amide bonds. The molecule has 0 atom stereocenters. The van der Waals surface area contributed by atoms with Crippen LogP contribution in [0.2, 0.25) is 0 Å². The maximum atomic E-state index is 12.8. The molecule has 6 nitrogen and oxygen atoms in total. The standard InChI is InChI=1S/C25H23N3O3S/c1-16-9-10-21(17(2)11-16)26-23(29)15-28-24(30)22(32-25(28)31)13-19-12-18(3)27(14-19)20-7-5-4-6-8-20/h4-14H,15H2,1-3H3,(H,26,29)/b22-13+. The smallest absolute Gasteiger partial charge is 0.294 e. The van der Waals surface area contributed by atoms with Gasteiger partial charge in [0.05, 0.1) is 4.91 Å².